The van der Waals surface area contributed by atoms with Gasteiger partial charge in [-0.15, -0.1) is 0 Å². The molecule has 1 aliphatic heterocycles. The molecule has 0 saturated carbocycles. The van der Waals surface area contributed by atoms with Gasteiger partial charge < -0.3 is 4.90 Å². The summed E-state index contributed by atoms with van der Waals surface area (Å²) in [4.78, 5) is 16.2. The highest BCUT2D eigenvalue weighted by molar-refractivity contribution is 5.97. The number of piperidine rings is 1. The zero-order valence-electron chi connectivity index (χ0n) is 11.6. The molecule has 104 valence electrons. The normalized spacial score (nSPS) is 19.1. The first-order valence-corrected chi connectivity index (χ1v) is 7.00. The van der Waals surface area contributed by atoms with Crippen LogP contribution in [0.5, 0.6) is 0 Å². The largest absolute Gasteiger partial charge is 0.338 e. The lowest BCUT2D eigenvalue weighted by Crippen LogP contribution is -2.39. The Morgan fingerprint density at radius 1 is 1.25 bits per heavy atom. The smallest absolute Gasteiger partial charge is 0.256 e. The molecule has 1 aromatic heterocycles. The highest BCUT2D eigenvalue weighted by Crippen LogP contribution is 2.20. The molecular formula is C15H18N4O. The van der Waals surface area contributed by atoms with E-state index in [9.17, 15) is 4.79 Å². The van der Waals surface area contributed by atoms with E-state index in [0.29, 0.717) is 11.5 Å². The van der Waals surface area contributed by atoms with Crippen LogP contribution in [0.4, 0.5) is 0 Å². The molecule has 1 fully saturated rings. The maximum absolute atomic E-state index is 12.7. The van der Waals surface area contributed by atoms with Gasteiger partial charge in [0.1, 0.15) is 0 Å². The van der Waals surface area contributed by atoms with E-state index in [-0.39, 0.29) is 5.91 Å². The van der Waals surface area contributed by atoms with Crippen LogP contribution >= 0.6 is 0 Å². The zero-order chi connectivity index (χ0) is 13.9. The van der Waals surface area contributed by atoms with E-state index in [1.807, 2.05) is 29.2 Å². The van der Waals surface area contributed by atoms with E-state index in [0.717, 1.165) is 25.2 Å². The van der Waals surface area contributed by atoms with Crippen molar-refractivity contribution in [2.45, 2.75) is 19.8 Å². The van der Waals surface area contributed by atoms with E-state index in [1.165, 1.54) is 11.2 Å². The molecule has 0 N–H and O–H groups in total. The predicted octanol–water partition coefficient (Wildman–Crippen LogP) is 2.14. The van der Waals surface area contributed by atoms with Gasteiger partial charge in [0.2, 0.25) is 0 Å². The van der Waals surface area contributed by atoms with E-state index in [1.54, 1.807) is 12.4 Å². The maximum Gasteiger partial charge on any atom is 0.256 e. The van der Waals surface area contributed by atoms with Crippen molar-refractivity contribution >= 4 is 5.91 Å². The first kappa shape index (κ1) is 12.8. The second-order valence-corrected chi connectivity index (χ2v) is 5.33. The number of hydrogen-bond acceptors (Lipinski definition) is 3. The third-order valence-electron chi connectivity index (χ3n) is 3.71. The number of nitrogens with zero attached hydrogens (tertiary/aromatic N) is 4. The number of hydrogen-bond donors (Lipinski definition) is 0. The number of amides is 1. The van der Waals surface area contributed by atoms with Gasteiger partial charge >= 0.3 is 0 Å². The van der Waals surface area contributed by atoms with Gasteiger partial charge in [-0.3, -0.25) is 4.79 Å². The third-order valence-corrected chi connectivity index (χ3v) is 3.71. The van der Waals surface area contributed by atoms with E-state index in [2.05, 4.69) is 17.1 Å². The lowest BCUT2D eigenvalue weighted by Gasteiger charge is -2.31. The topological polar surface area (TPSA) is 51.0 Å². The summed E-state index contributed by atoms with van der Waals surface area (Å²) in [6.07, 6.45) is 5.51. The van der Waals surface area contributed by atoms with Gasteiger partial charge in [0, 0.05) is 13.1 Å². The van der Waals surface area contributed by atoms with E-state index >= 15 is 0 Å². The molecule has 0 spiro atoms. The molecule has 2 heterocycles. The summed E-state index contributed by atoms with van der Waals surface area (Å²) in [5.41, 5.74) is 1.40. The maximum atomic E-state index is 12.7. The second-order valence-electron chi connectivity index (χ2n) is 5.33. The molecule has 0 radical (unpaired) electrons. The molecule has 0 bridgehead atoms. The molecule has 1 amide bonds. The molecule has 1 aliphatic rings. The Hall–Kier alpha value is -2.17. The molecule has 3 rings (SSSR count). The molecule has 1 unspecified atom stereocenters. The van der Waals surface area contributed by atoms with Crippen LogP contribution in [0, 0.1) is 5.92 Å². The summed E-state index contributed by atoms with van der Waals surface area (Å²) in [5.74, 6) is 0.646. The van der Waals surface area contributed by atoms with Gasteiger partial charge in [-0.1, -0.05) is 19.1 Å². The van der Waals surface area contributed by atoms with Crippen LogP contribution in [0.25, 0.3) is 5.69 Å². The highest BCUT2D eigenvalue weighted by Gasteiger charge is 2.24. The SMILES string of the molecule is CC1CCCN(C(=O)c2ccccc2-n2nccn2)C1. The molecule has 2 aromatic rings. The van der Waals surface area contributed by atoms with Gasteiger partial charge in [-0.2, -0.15) is 15.0 Å². The summed E-state index contributed by atoms with van der Waals surface area (Å²) < 4.78 is 0. The van der Waals surface area contributed by atoms with Gasteiger partial charge in [-0.25, -0.2) is 0 Å². The first-order valence-electron chi connectivity index (χ1n) is 7.00. The predicted molar refractivity (Wildman–Crippen MR) is 75.7 cm³/mol. The number of carbonyl (C=O) groups excluding carboxylic acids is 1. The number of para-hydroxylation sites is 1. The Morgan fingerprint density at radius 3 is 2.75 bits per heavy atom. The van der Waals surface area contributed by atoms with Gasteiger partial charge in [0.25, 0.3) is 5.91 Å². The Labute approximate surface area is 118 Å². The van der Waals surface area contributed by atoms with Crippen molar-refractivity contribution < 1.29 is 4.79 Å². The number of benzene rings is 1. The van der Waals surface area contributed by atoms with Gasteiger partial charge in [0.15, 0.2) is 0 Å². The minimum Gasteiger partial charge on any atom is -0.338 e. The Bertz CT molecular complexity index is 594. The Balaban J connectivity index is 1.92. The van der Waals surface area contributed by atoms with Crippen molar-refractivity contribution in [2.24, 2.45) is 5.92 Å². The van der Waals surface area contributed by atoms with Crippen LogP contribution in [0.1, 0.15) is 30.1 Å². The molecule has 1 atom stereocenters. The molecule has 1 saturated heterocycles. The summed E-state index contributed by atoms with van der Waals surface area (Å²) in [5, 5.41) is 8.25. The molecular weight excluding hydrogens is 252 g/mol. The fourth-order valence-corrected chi connectivity index (χ4v) is 2.71. The third kappa shape index (κ3) is 2.43. The molecule has 5 nitrogen and oxygen atoms in total. The number of likely N-dealkylation sites (tertiary alicyclic amines) is 1. The minimum absolute atomic E-state index is 0.0736. The highest BCUT2D eigenvalue weighted by atomic mass is 16.2. The summed E-state index contributed by atoms with van der Waals surface area (Å²) >= 11 is 0. The monoisotopic (exact) mass is 270 g/mol. The summed E-state index contributed by atoms with van der Waals surface area (Å²) in [7, 11) is 0. The van der Waals surface area contributed by atoms with Crippen LogP contribution in [0.3, 0.4) is 0 Å². The summed E-state index contributed by atoms with van der Waals surface area (Å²) in [6, 6.07) is 7.50. The average Bonchev–Trinajstić information content (AvgIpc) is 3.00. The van der Waals surface area contributed by atoms with Crippen molar-refractivity contribution in [1.29, 1.82) is 0 Å². The van der Waals surface area contributed by atoms with Crippen molar-refractivity contribution in [1.82, 2.24) is 19.9 Å². The molecule has 20 heavy (non-hydrogen) atoms. The van der Waals surface area contributed by atoms with Crippen molar-refractivity contribution in [3.05, 3.63) is 42.2 Å². The first-order chi connectivity index (χ1) is 9.75. The van der Waals surface area contributed by atoms with Crippen molar-refractivity contribution in [3.8, 4) is 5.69 Å². The van der Waals surface area contributed by atoms with Gasteiger partial charge in [-0.05, 0) is 30.9 Å². The fourth-order valence-electron chi connectivity index (χ4n) is 2.71. The number of rotatable bonds is 2. The standard InChI is InChI=1S/C15H18N4O/c1-12-5-4-10-18(11-12)15(20)13-6-2-3-7-14(13)19-16-8-9-17-19/h2-3,6-9,12H,4-5,10-11H2,1H3. The fraction of sp³-hybridized carbons (Fsp3) is 0.400. The quantitative estimate of drug-likeness (QED) is 0.840. The van der Waals surface area contributed by atoms with Gasteiger partial charge in [0.05, 0.1) is 23.6 Å². The van der Waals surface area contributed by atoms with Crippen LogP contribution in [0.2, 0.25) is 0 Å². The zero-order valence-corrected chi connectivity index (χ0v) is 11.6. The average molecular weight is 270 g/mol. The van der Waals surface area contributed by atoms with E-state index in [4.69, 9.17) is 0 Å². The molecule has 5 heteroatoms. The van der Waals surface area contributed by atoms with E-state index < -0.39 is 0 Å². The minimum atomic E-state index is 0.0736. The lowest BCUT2D eigenvalue weighted by atomic mass is 9.99. The van der Waals surface area contributed by atoms with Crippen molar-refractivity contribution in [3.63, 3.8) is 0 Å². The number of carbonyl (C=O) groups is 1. The second kappa shape index (κ2) is 5.45. The van der Waals surface area contributed by atoms with Crippen LogP contribution in [-0.2, 0) is 0 Å². The summed E-state index contributed by atoms with van der Waals surface area (Å²) in [6.45, 7) is 3.87. The molecule has 0 aliphatic carbocycles. The Kier molecular flexibility index (Phi) is 3.50. The lowest BCUT2D eigenvalue weighted by molar-refractivity contribution is 0.0682. The van der Waals surface area contributed by atoms with Crippen LogP contribution in [-0.4, -0.2) is 38.9 Å². The van der Waals surface area contributed by atoms with Crippen molar-refractivity contribution in [2.75, 3.05) is 13.1 Å². The molecule has 1 aromatic carbocycles. The van der Waals surface area contributed by atoms with Crippen LogP contribution < -0.4 is 0 Å². The Morgan fingerprint density at radius 2 is 2.00 bits per heavy atom. The number of aromatic nitrogens is 3. The van der Waals surface area contributed by atoms with Crippen LogP contribution in [0.15, 0.2) is 36.7 Å².